The van der Waals surface area contributed by atoms with Gasteiger partial charge in [0, 0.05) is 72.0 Å². The van der Waals surface area contributed by atoms with E-state index in [-0.39, 0.29) is 11.9 Å². The van der Waals surface area contributed by atoms with Gasteiger partial charge in [0.05, 0.1) is 28.5 Å². The van der Waals surface area contributed by atoms with Gasteiger partial charge < -0.3 is 25.4 Å². The van der Waals surface area contributed by atoms with Gasteiger partial charge in [-0.15, -0.1) is 0 Å². The van der Waals surface area contributed by atoms with Gasteiger partial charge in [0.2, 0.25) is 17.7 Å². The van der Waals surface area contributed by atoms with Gasteiger partial charge in [0.1, 0.15) is 6.61 Å². The van der Waals surface area contributed by atoms with E-state index in [1.165, 1.54) is 0 Å². The van der Waals surface area contributed by atoms with Crippen molar-refractivity contribution in [1.29, 1.82) is 0 Å². The number of fused-ring (bicyclic) bond motifs is 1. The maximum absolute atomic E-state index is 11.5. The number of carbonyl (C=O) groups excluding carboxylic acids is 1. The average molecular weight is 605 g/mol. The largest absolute Gasteiger partial charge is 0.481 e. The summed E-state index contributed by atoms with van der Waals surface area (Å²) < 4.78 is 11.5. The minimum atomic E-state index is 0.107. The van der Waals surface area contributed by atoms with Gasteiger partial charge in [-0.3, -0.25) is 4.79 Å². The first-order valence-electron chi connectivity index (χ1n) is 14.0. The summed E-state index contributed by atoms with van der Waals surface area (Å²) in [5.74, 6) is 1.25. The number of benzene rings is 2. The van der Waals surface area contributed by atoms with Crippen LogP contribution in [0.5, 0.6) is 11.8 Å². The molecule has 4 aromatic rings. The maximum Gasteiger partial charge on any atom is 0.220 e. The van der Waals surface area contributed by atoms with Crippen LogP contribution < -0.4 is 25.4 Å². The molecule has 1 saturated heterocycles. The summed E-state index contributed by atoms with van der Waals surface area (Å²) >= 11 is 14.1. The third kappa shape index (κ3) is 5.94. The molecule has 0 spiro atoms. The van der Waals surface area contributed by atoms with Gasteiger partial charge in [-0.05, 0) is 18.6 Å². The van der Waals surface area contributed by atoms with Crippen LogP contribution >= 0.6 is 23.2 Å². The van der Waals surface area contributed by atoms with E-state index in [2.05, 4.69) is 16.0 Å². The lowest BCUT2D eigenvalue weighted by Gasteiger charge is -2.16. The average Bonchev–Trinajstić information content (AvgIpc) is 3.27. The van der Waals surface area contributed by atoms with E-state index in [9.17, 15) is 4.79 Å². The van der Waals surface area contributed by atoms with E-state index in [1.807, 2.05) is 60.7 Å². The maximum atomic E-state index is 11.5. The summed E-state index contributed by atoms with van der Waals surface area (Å²) in [5.41, 5.74) is 6.53. The van der Waals surface area contributed by atoms with Crippen molar-refractivity contribution in [2.24, 2.45) is 0 Å². The Morgan fingerprint density at radius 2 is 1.64 bits per heavy atom. The SMILES string of the molecule is COc1nc(-c2cccc(-c3cccc(-c4ccc5c(n4)OCCNC5)c3Cl)c2Cl)ccc1CNC[C@@H]1CCC(=O)N1. The van der Waals surface area contributed by atoms with Crippen LogP contribution in [-0.4, -0.2) is 48.7 Å². The molecule has 1 fully saturated rings. The first-order valence-corrected chi connectivity index (χ1v) is 14.7. The molecule has 2 aromatic carbocycles. The zero-order valence-corrected chi connectivity index (χ0v) is 24.7. The number of aromatic nitrogens is 2. The number of rotatable bonds is 8. The van der Waals surface area contributed by atoms with Gasteiger partial charge in [0.15, 0.2) is 0 Å². The number of hydrogen-bond acceptors (Lipinski definition) is 7. The molecule has 1 amide bonds. The predicted molar refractivity (Wildman–Crippen MR) is 165 cm³/mol. The molecule has 42 heavy (non-hydrogen) atoms. The first kappa shape index (κ1) is 28.4. The molecule has 0 unspecified atom stereocenters. The highest BCUT2D eigenvalue weighted by Crippen LogP contribution is 2.42. The second-order valence-electron chi connectivity index (χ2n) is 10.3. The molecule has 2 aliphatic rings. The molecule has 10 heteroatoms. The van der Waals surface area contributed by atoms with E-state index in [1.54, 1.807) is 7.11 Å². The number of carbonyl (C=O) groups is 1. The molecular weight excluding hydrogens is 573 g/mol. The number of methoxy groups -OCH3 is 1. The van der Waals surface area contributed by atoms with Crippen molar-refractivity contribution in [3.8, 4) is 45.4 Å². The molecule has 2 aliphatic heterocycles. The number of nitrogens with one attached hydrogen (secondary N) is 3. The van der Waals surface area contributed by atoms with Crippen molar-refractivity contribution in [3.63, 3.8) is 0 Å². The van der Waals surface area contributed by atoms with Crippen LogP contribution in [0.25, 0.3) is 33.6 Å². The number of nitrogens with zero attached hydrogens (tertiary/aromatic N) is 2. The van der Waals surface area contributed by atoms with E-state index in [0.717, 1.165) is 58.6 Å². The molecule has 0 saturated carbocycles. The molecule has 6 rings (SSSR count). The summed E-state index contributed by atoms with van der Waals surface area (Å²) in [6.07, 6.45) is 1.43. The molecule has 4 heterocycles. The van der Waals surface area contributed by atoms with Crippen LogP contribution in [0, 0.1) is 0 Å². The van der Waals surface area contributed by atoms with E-state index in [4.69, 9.17) is 42.6 Å². The summed E-state index contributed by atoms with van der Waals surface area (Å²) in [4.78, 5) is 21.0. The minimum Gasteiger partial charge on any atom is -0.481 e. The van der Waals surface area contributed by atoms with Gasteiger partial charge in [-0.2, -0.15) is 0 Å². The van der Waals surface area contributed by atoms with Crippen LogP contribution in [0.4, 0.5) is 0 Å². The number of amides is 1. The number of pyridine rings is 2. The Morgan fingerprint density at radius 3 is 2.33 bits per heavy atom. The zero-order chi connectivity index (χ0) is 29.1. The molecule has 2 aromatic heterocycles. The number of ether oxygens (including phenoxy) is 2. The Labute approximate surface area is 254 Å². The summed E-state index contributed by atoms with van der Waals surface area (Å²) in [5, 5.41) is 10.8. The van der Waals surface area contributed by atoms with Gasteiger partial charge in [-0.1, -0.05) is 71.7 Å². The Kier molecular flexibility index (Phi) is 8.58. The monoisotopic (exact) mass is 603 g/mol. The van der Waals surface area contributed by atoms with E-state index < -0.39 is 0 Å². The summed E-state index contributed by atoms with van der Waals surface area (Å²) in [7, 11) is 1.61. The van der Waals surface area contributed by atoms with E-state index >= 15 is 0 Å². The molecule has 0 bridgehead atoms. The van der Waals surface area contributed by atoms with Crippen LogP contribution in [0.1, 0.15) is 24.0 Å². The molecule has 3 N–H and O–H groups in total. The predicted octanol–water partition coefficient (Wildman–Crippen LogP) is 5.64. The third-order valence-electron chi connectivity index (χ3n) is 7.54. The molecule has 1 atom stereocenters. The van der Waals surface area contributed by atoms with Gasteiger partial charge >= 0.3 is 0 Å². The fourth-order valence-electron chi connectivity index (χ4n) is 5.34. The fraction of sp³-hybridized carbons (Fsp3) is 0.281. The third-order valence-corrected chi connectivity index (χ3v) is 8.35. The Bertz CT molecular complexity index is 1630. The lowest BCUT2D eigenvalue weighted by Crippen LogP contribution is -2.35. The molecule has 0 radical (unpaired) electrons. The second-order valence-corrected chi connectivity index (χ2v) is 11.1. The molecular formula is C32H31Cl2N5O3. The second kappa shape index (κ2) is 12.7. The zero-order valence-electron chi connectivity index (χ0n) is 23.2. The first-order chi connectivity index (χ1) is 20.5. The van der Waals surface area contributed by atoms with Crippen molar-refractivity contribution >= 4 is 29.1 Å². The Hall–Kier alpha value is -3.69. The molecule has 216 valence electrons. The summed E-state index contributed by atoms with van der Waals surface area (Å²) in [6.45, 7) is 3.32. The van der Waals surface area contributed by atoms with Gasteiger partial charge in [-0.25, -0.2) is 9.97 Å². The Morgan fingerprint density at radius 1 is 0.952 bits per heavy atom. The number of hydrogen-bond donors (Lipinski definition) is 3. The lowest BCUT2D eigenvalue weighted by molar-refractivity contribution is -0.119. The standard InChI is InChI=1S/C32H31Cl2N5O3/c1-41-31-19(17-36-18-21-10-13-28(40)37-21)8-11-26(38-31)24-6-2-4-22(29(24)33)23-5-3-7-25(30(23)34)27-12-9-20-16-35-14-15-42-32(20)39-27/h2-9,11-12,21,35-36H,10,13-18H2,1H3,(H,37,40)/t21-/m0/s1. The van der Waals surface area contributed by atoms with E-state index in [0.29, 0.717) is 53.6 Å². The van der Waals surface area contributed by atoms with Crippen LogP contribution in [0.3, 0.4) is 0 Å². The Balaban J connectivity index is 1.27. The van der Waals surface area contributed by atoms with Crippen LogP contribution in [-0.2, 0) is 17.9 Å². The lowest BCUT2D eigenvalue weighted by atomic mass is 9.98. The van der Waals surface area contributed by atoms with Crippen molar-refractivity contribution in [1.82, 2.24) is 25.9 Å². The minimum absolute atomic E-state index is 0.107. The normalized spacial score (nSPS) is 16.4. The van der Waals surface area contributed by atoms with Crippen LogP contribution in [0.2, 0.25) is 10.0 Å². The molecule has 0 aliphatic carbocycles. The van der Waals surface area contributed by atoms with Crippen molar-refractivity contribution in [2.75, 3.05) is 26.8 Å². The van der Waals surface area contributed by atoms with Crippen molar-refractivity contribution < 1.29 is 14.3 Å². The van der Waals surface area contributed by atoms with Gasteiger partial charge in [0.25, 0.3) is 0 Å². The number of halogens is 2. The highest BCUT2D eigenvalue weighted by atomic mass is 35.5. The van der Waals surface area contributed by atoms with Crippen molar-refractivity contribution in [3.05, 3.63) is 81.8 Å². The quantitative estimate of drug-likeness (QED) is 0.240. The smallest absolute Gasteiger partial charge is 0.220 e. The topological polar surface area (TPSA) is 97.4 Å². The van der Waals surface area contributed by atoms with Crippen molar-refractivity contribution in [2.45, 2.75) is 32.0 Å². The highest BCUT2D eigenvalue weighted by Gasteiger charge is 2.21. The molecule has 8 nitrogen and oxygen atoms in total. The summed E-state index contributed by atoms with van der Waals surface area (Å²) in [6, 6.07) is 19.8. The highest BCUT2D eigenvalue weighted by molar-refractivity contribution is 6.39. The van der Waals surface area contributed by atoms with Crippen LogP contribution in [0.15, 0.2) is 60.7 Å². The fourth-order valence-corrected chi connectivity index (χ4v) is 5.99.